The summed E-state index contributed by atoms with van der Waals surface area (Å²) in [7, 11) is 0. The third-order valence-corrected chi connectivity index (χ3v) is 10.4. The topological polar surface area (TPSA) is 73.2 Å². The van der Waals surface area contributed by atoms with Gasteiger partial charge in [0.05, 0.1) is 11.7 Å². The summed E-state index contributed by atoms with van der Waals surface area (Å²) in [6.45, 7) is 17.0. The Labute approximate surface area is 205 Å². The van der Waals surface area contributed by atoms with Crippen molar-refractivity contribution in [1.29, 1.82) is 0 Å². The molecule has 2 fully saturated rings. The Hall–Kier alpha value is -1.30. The van der Waals surface area contributed by atoms with Crippen LogP contribution in [0.2, 0.25) is 0 Å². The number of aromatic hydroxyl groups is 1. The van der Waals surface area contributed by atoms with Crippen molar-refractivity contribution in [2.24, 2.45) is 22.7 Å². The van der Waals surface area contributed by atoms with Gasteiger partial charge in [0.2, 0.25) is 0 Å². The highest BCUT2D eigenvalue weighted by Gasteiger charge is 2.68. The summed E-state index contributed by atoms with van der Waals surface area (Å²) in [5.41, 5.74) is 0.245. The van der Waals surface area contributed by atoms with Crippen LogP contribution in [-0.2, 0) is 11.8 Å². The van der Waals surface area contributed by atoms with Gasteiger partial charge in [-0.15, -0.1) is 0 Å². The Morgan fingerprint density at radius 2 is 1.82 bits per heavy atom. The molecule has 5 rings (SSSR count). The van der Waals surface area contributed by atoms with Crippen molar-refractivity contribution in [3.8, 4) is 11.5 Å². The van der Waals surface area contributed by atoms with Gasteiger partial charge in [0, 0.05) is 29.5 Å². The number of nitrogens with zero attached hydrogens (tertiary/aromatic N) is 1. The molecule has 0 aromatic heterocycles. The third kappa shape index (κ3) is 3.37. The highest BCUT2D eigenvalue weighted by Crippen LogP contribution is 2.66. The summed E-state index contributed by atoms with van der Waals surface area (Å²) in [6, 6.07) is 4.27. The van der Waals surface area contributed by atoms with Crippen molar-refractivity contribution in [3.05, 3.63) is 23.3 Å². The van der Waals surface area contributed by atoms with E-state index in [9.17, 15) is 15.3 Å². The van der Waals surface area contributed by atoms with Gasteiger partial charge in [-0.2, -0.15) is 0 Å². The van der Waals surface area contributed by atoms with Crippen LogP contribution in [0.4, 0.5) is 0 Å². The van der Waals surface area contributed by atoms with Gasteiger partial charge in [-0.05, 0) is 80.9 Å². The highest BCUT2D eigenvalue weighted by atomic mass is 16.5. The first kappa shape index (κ1) is 24.4. The quantitative estimate of drug-likeness (QED) is 0.599. The van der Waals surface area contributed by atoms with Gasteiger partial charge in [-0.25, -0.2) is 0 Å². The maximum Gasteiger partial charge on any atom is 0.165 e. The van der Waals surface area contributed by atoms with E-state index in [0.717, 1.165) is 37.4 Å². The first-order chi connectivity index (χ1) is 15.7. The normalized spacial score (nSPS) is 37.1. The summed E-state index contributed by atoms with van der Waals surface area (Å²) >= 11 is 0. The highest BCUT2D eigenvalue weighted by molar-refractivity contribution is 5.59. The van der Waals surface area contributed by atoms with Crippen molar-refractivity contribution in [3.63, 3.8) is 0 Å². The maximum absolute atomic E-state index is 11.9. The van der Waals surface area contributed by atoms with Crippen molar-refractivity contribution in [1.82, 2.24) is 4.90 Å². The fourth-order valence-corrected chi connectivity index (χ4v) is 7.49. The maximum atomic E-state index is 11.9. The summed E-state index contributed by atoms with van der Waals surface area (Å²) in [5.74, 6) is 1.22. The van der Waals surface area contributed by atoms with Crippen molar-refractivity contribution in [2.75, 3.05) is 13.1 Å². The molecule has 2 aliphatic heterocycles. The van der Waals surface area contributed by atoms with E-state index in [1.807, 2.05) is 27.7 Å². The number of hydrogen-bond donors (Lipinski definition) is 3. The molecule has 0 saturated heterocycles. The smallest absolute Gasteiger partial charge is 0.165 e. The van der Waals surface area contributed by atoms with Gasteiger partial charge in [0.25, 0.3) is 0 Å². The number of hydrogen-bond acceptors (Lipinski definition) is 5. The number of aliphatic hydroxyl groups excluding tert-OH is 1. The zero-order valence-corrected chi connectivity index (χ0v) is 22.2. The molecular weight excluding hydrogens is 426 g/mol. The van der Waals surface area contributed by atoms with Crippen LogP contribution >= 0.6 is 0 Å². The molecule has 6 atom stereocenters. The second kappa shape index (κ2) is 7.60. The molecule has 4 aliphatic rings. The van der Waals surface area contributed by atoms with Crippen molar-refractivity contribution < 1.29 is 20.1 Å². The van der Waals surface area contributed by atoms with E-state index in [4.69, 9.17) is 4.74 Å². The SMILES string of the molecule is C[C@H]1Cc2ccc(O)c3c2[C@@]2(CCN1CC1CC1)[C@H](O3)[C@H](O)[C@@H]([C@](C)(O)C(C)(C)C)CC2(C)C. The van der Waals surface area contributed by atoms with Gasteiger partial charge >= 0.3 is 0 Å². The Balaban J connectivity index is 1.64. The lowest BCUT2D eigenvalue weighted by molar-refractivity contribution is -0.198. The van der Waals surface area contributed by atoms with Crippen molar-refractivity contribution in [2.45, 2.75) is 110 Å². The first-order valence-electron chi connectivity index (χ1n) is 13.4. The van der Waals surface area contributed by atoms with E-state index in [1.165, 1.54) is 18.4 Å². The number of benzene rings is 1. The number of phenols is 1. The van der Waals surface area contributed by atoms with E-state index in [0.29, 0.717) is 18.2 Å². The van der Waals surface area contributed by atoms with Crippen LogP contribution in [0, 0.1) is 22.7 Å². The van der Waals surface area contributed by atoms with Gasteiger partial charge in [-0.3, -0.25) is 0 Å². The number of ether oxygens (including phenoxy) is 1. The van der Waals surface area contributed by atoms with E-state index < -0.39 is 28.6 Å². The molecule has 1 aromatic carbocycles. The molecule has 5 nitrogen and oxygen atoms in total. The lowest BCUT2D eigenvalue weighted by Gasteiger charge is -2.60. The molecule has 0 radical (unpaired) electrons. The third-order valence-electron chi connectivity index (χ3n) is 10.4. The molecule has 2 aliphatic carbocycles. The van der Waals surface area contributed by atoms with Crippen molar-refractivity contribution >= 4 is 0 Å². The van der Waals surface area contributed by atoms with Gasteiger partial charge in [0.15, 0.2) is 11.5 Å². The van der Waals surface area contributed by atoms with E-state index >= 15 is 0 Å². The molecule has 3 N–H and O–H groups in total. The van der Waals surface area contributed by atoms with E-state index in [-0.39, 0.29) is 17.1 Å². The molecule has 1 spiro atoms. The summed E-state index contributed by atoms with van der Waals surface area (Å²) < 4.78 is 6.59. The fraction of sp³-hybridized carbons (Fsp3) is 0.793. The van der Waals surface area contributed by atoms with Crippen LogP contribution in [0.3, 0.4) is 0 Å². The van der Waals surface area contributed by atoms with Crippen LogP contribution < -0.4 is 4.74 Å². The molecule has 34 heavy (non-hydrogen) atoms. The van der Waals surface area contributed by atoms with Gasteiger partial charge in [0.1, 0.15) is 6.10 Å². The average molecular weight is 472 g/mol. The Kier molecular flexibility index (Phi) is 5.45. The molecular formula is C29H45NO4. The zero-order valence-electron chi connectivity index (χ0n) is 22.2. The standard InChI is InChI=1S/C29H45NO4/c1-17-14-19-10-11-21(31)24-22(19)29(12-13-30(17)16-18-8-9-18)25(34-24)23(32)20(15-27(29,5)6)28(7,33)26(2,3)4/h10-11,17-18,20,23,25,31-33H,8-9,12-16H2,1-7H3/t17-,20-,23+,25+,28-,29-/m0/s1. The van der Waals surface area contributed by atoms with Crippen LogP contribution in [0.1, 0.15) is 85.3 Å². The molecule has 190 valence electrons. The molecule has 0 amide bonds. The number of aliphatic hydroxyl groups is 2. The molecule has 2 heterocycles. The summed E-state index contributed by atoms with van der Waals surface area (Å²) in [4.78, 5) is 2.65. The largest absolute Gasteiger partial charge is 0.504 e. The van der Waals surface area contributed by atoms with Crippen LogP contribution in [0.5, 0.6) is 11.5 Å². The minimum Gasteiger partial charge on any atom is -0.504 e. The lowest BCUT2D eigenvalue weighted by atomic mass is 9.46. The van der Waals surface area contributed by atoms with Crippen LogP contribution in [-0.4, -0.2) is 57.2 Å². The van der Waals surface area contributed by atoms with Gasteiger partial charge < -0.3 is 25.0 Å². The minimum absolute atomic E-state index is 0.165. The molecule has 2 saturated carbocycles. The monoisotopic (exact) mass is 471 g/mol. The molecule has 5 heteroatoms. The minimum atomic E-state index is -1.07. The second-order valence-electron chi connectivity index (χ2n) is 13.8. The lowest BCUT2D eigenvalue weighted by Crippen LogP contribution is -2.67. The predicted molar refractivity (Wildman–Crippen MR) is 134 cm³/mol. The molecule has 1 aromatic rings. The Bertz CT molecular complexity index is 960. The van der Waals surface area contributed by atoms with E-state index in [2.05, 4.69) is 31.7 Å². The predicted octanol–water partition coefficient (Wildman–Crippen LogP) is 4.64. The van der Waals surface area contributed by atoms with Gasteiger partial charge in [-0.1, -0.05) is 40.7 Å². The summed E-state index contributed by atoms with van der Waals surface area (Å²) in [5, 5.41) is 34.5. The Morgan fingerprint density at radius 1 is 1.15 bits per heavy atom. The fourth-order valence-electron chi connectivity index (χ4n) is 7.49. The zero-order chi connectivity index (χ0) is 24.8. The number of rotatable bonds is 3. The summed E-state index contributed by atoms with van der Waals surface area (Å²) in [6.07, 6.45) is 3.86. The van der Waals surface area contributed by atoms with Crippen LogP contribution in [0.25, 0.3) is 0 Å². The van der Waals surface area contributed by atoms with Crippen LogP contribution in [0.15, 0.2) is 12.1 Å². The average Bonchev–Trinajstić information content (AvgIpc) is 3.46. The first-order valence-corrected chi connectivity index (χ1v) is 13.4. The molecule has 0 bridgehead atoms. The van der Waals surface area contributed by atoms with E-state index in [1.54, 1.807) is 6.07 Å². The second-order valence-corrected chi connectivity index (χ2v) is 13.8. The number of phenolic OH excluding ortho intramolecular Hbond substituents is 1. The molecule has 0 unspecified atom stereocenters. The Morgan fingerprint density at radius 3 is 2.44 bits per heavy atom.